The Hall–Kier alpha value is -2.28. The number of nitro groups is 1. The first kappa shape index (κ1) is 14.1. The highest BCUT2D eigenvalue weighted by atomic mass is 16.6. The van der Waals surface area contributed by atoms with E-state index in [1.807, 2.05) is 20.8 Å². The van der Waals surface area contributed by atoms with Crippen LogP contribution in [-0.2, 0) is 6.54 Å². The number of nitrogens with one attached hydrogen (secondary N) is 1. The molecule has 1 aromatic carbocycles. The van der Waals surface area contributed by atoms with E-state index in [2.05, 4.69) is 15.5 Å². The van der Waals surface area contributed by atoms with Crippen LogP contribution in [-0.4, -0.2) is 20.7 Å². The number of hydrogen-bond acceptors (Lipinski definition) is 6. The molecule has 2 rings (SSSR count). The first-order valence-corrected chi connectivity index (χ1v) is 6.17. The molecule has 0 saturated carbocycles. The number of aromatic nitrogens is 2. The van der Waals surface area contributed by atoms with Crippen molar-refractivity contribution in [2.45, 2.75) is 32.9 Å². The molecule has 0 bridgehead atoms. The highest BCUT2D eigenvalue weighted by Crippen LogP contribution is 2.21. The molecule has 0 spiro atoms. The first-order valence-electron chi connectivity index (χ1n) is 6.17. The lowest BCUT2D eigenvalue weighted by Gasteiger charge is -2.18. The maximum absolute atomic E-state index is 10.6. The molecule has 1 aromatic heterocycles. The summed E-state index contributed by atoms with van der Waals surface area (Å²) < 4.78 is 5.51. The van der Waals surface area contributed by atoms with Gasteiger partial charge >= 0.3 is 0 Å². The molecule has 7 nitrogen and oxygen atoms in total. The molecule has 2 aromatic rings. The Morgan fingerprint density at radius 1 is 1.25 bits per heavy atom. The van der Waals surface area contributed by atoms with Gasteiger partial charge in [-0.15, -0.1) is 10.2 Å². The quantitative estimate of drug-likeness (QED) is 0.681. The van der Waals surface area contributed by atoms with Crippen LogP contribution in [0, 0.1) is 10.1 Å². The molecule has 0 aliphatic carbocycles. The SMILES string of the molecule is CC(C)(C)NCc1nnc(-c2ccc([N+](=O)[O-])cc2)o1. The van der Waals surface area contributed by atoms with Crippen LogP contribution in [0.5, 0.6) is 0 Å². The number of rotatable bonds is 4. The molecule has 7 heteroatoms. The fourth-order valence-corrected chi connectivity index (χ4v) is 1.51. The summed E-state index contributed by atoms with van der Waals surface area (Å²) in [6.07, 6.45) is 0. The van der Waals surface area contributed by atoms with Crippen LogP contribution in [0.2, 0.25) is 0 Å². The van der Waals surface area contributed by atoms with Gasteiger partial charge in [0, 0.05) is 23.2 Å². The van der Waals surface area contributed by atoms with Crippen LogP contribution >= 0.6 is 0 Å². The molecular formula is C13H16N4O3. The van der Waals surface area contributed by atoms with Crippen molar-refractivity contribution >= 4 is 5.69 Å². The lowest BCUT2D eigenvalue weighted by molar-refractivity contribution is -0.384. The van der Waals surface area contributed by atoms with Crippen LogP contribution in [0.15, 0.2) is 28.7 Å². The van der Waals surface area contributed by atoms with Crippen LogP contribution in [0.3, 0.4) is 0 Å². The second-order valence-corrected chi connectivity index (χ2v) is 5.41. The molecule has 0 saturated heterocycles. The maximum Gasteiger partial charge on any atom is 0.269 e. The van der Waals surface area contributed by atoms with Crippen molar-refractivity contribution in [2.75, 3.05) is 0 Å². The minimum absolute atomic E-state index is 0.0305. The van der Waals surface area contributed by atoms with Gasteiger partial charge in [0.15, 0.2) is 0 Å². The van der Waals surface area contributed by atoms with Gasteiger partial charge < -0.3 is 9.73 Å². The Kier molecular flexibility index (Phi) is 3.80. The van der Waals surface area contributed by atoms with Crippen molar-refractivity contribution in [3.63, 3.8) is 0 Å². The van der Waals surface area contributed by atoms with Crippen LogP contribution in [0.25, 0.3) is 11.5 Å². The minimum atomic E-state index is -0.448. The predicted octanol–water partition coefficient (Wildman–Crippen LogP) is 2.53. The smallest absolute Gasteiger partial charge is 0.269 e. The van der Waals surface area contributed by atoms with Gasteiger partial charge in [-0.2, -0.15) is 0 Å². The van der Waals surface area contributed by atoms with Gasteiger partial charge in [-0.05, 0) is 32.9 Å². The van der Waals surface area contributed by atoms with Crippen molar-refractivity contribution < 1.29 is 9.34 Å². The summed E-state index contributed by atoms with van der Waals surface area (Å²) in [6, 6.07) is 6.00. The molecule has 0 radical (unpaired) electrons. The van der Waals surface area contributed by atoms with E-state index in [1.165, 1.54) is 12.1 Å². The highest BCUT2D eigenvalue weighted by molar-refractivity contribution is 5.55. The van der Waals surface area contributed by atoms with Crippen LogP contribution < -0.4 is 5.32 Å². The Morgan fingerprint density at radius 3 is 2.45 bits per heavy atom. The number of nitro benzene ring substituents is 1. The molecule has 0 unspecified atom stereocenters. The summed E-state index contributed by atoms with van der Waals surface area (Å²) in [5.41, 5.74) is 0.648. The third kappa shape index (κ3) is 3.61. The lowest BCUT2D eigenvalue weighted by Crippen LogP contribution is -2.35. The average Bonchev–Trinajstić information content (AvgIpc) is 2.84. The molecule has 1 N–H and O–H groups in total. The molecule has 0 fully saturated rings. The van der Waals surface area contributed by atoms with Gasteiger partial charge in [0.25, 0.3) is 5.69 Å². The molecule has 0 amide bonds. The summed E-state index contributed by atoms with van der Waals surface area (Å²) in [7, 11) is 0. The highest BCUT2D eigenvalue weighted by Gasteiger charge is 2.13. The maximum atomic E-state index is 10.6. The van der Waals surface area contributed by atoms with Crippen molar-refractivity contribution in [1.29, 1.82) is 0 Å². The average molecular weight is 276 g/mol. The monoisotopic (exact) mass is 276 g/mol. The van der Waals surface area contributed by atoms with E-state index < -0.39 is 4.92 Å². The summed E-state index contributed by atoms with van der Waals surface area (Å²) in [5.74, 6) is 0.832. The van der Waals surface area contributed by atoms with Crippen LogP contribution in [0.4, 0.5) is 5.69 Å². The van der Waals surface area contributed by atoms with Gasteiger partial charge in [0.2, 0.25) is 11.8 Å². The lowest BCUT2D eigenvalue weighted by atomic mass is 10.1. The topological polar surface area (TPSA) is 94.1 Å². The van der Waals surface area contributed by atoms with E-state index in [0.29, 0.717) is 23.9 Å². The van der Waals surface area contributed by atoms with Gasteiger partial charge in [-0.1, -0.05) is 0 Å². The molecule has 1 heterocycles. The van der Waals surface area contributed by atoms with Gasteiger partial charge in [0.05, 0.1) is 11.5 Å². The Bertz CT molecular complexity index is 599. The molecule has 0 aliphatic heterocycles. The number of hydrogen-bond donors (Lipinski definition) is 1. The molecular weight excluding hydrogens is 260 g/mol. The van der Waals surface area contributed by atoms with E-state index in [9.17, 15) is 10.1 Å². The molecule has 20 heavy (non-hydrogen) atoms. The summed E-state index contributed by atoms with van der Waals surface area (Å²) >= 11 is 0. The summed E-state index contributed by atoms with van der Waals surface area (Å²) in [6.45, 7) is 6.60. The fourth-order valence-electron chi connectivity index (χ4n) is 1.51. The van der Waals surface area contributed by atoms with E-state index >= 15 is 0 Å². The summed E-state index contributed by atoms with van der Waals surface area (Å²) in [4.78, 5) is 10.1. The van der Waals surface area contributed by atoms with Gasteiger partial charge in [-0.25, -0.2) is 0 Å². The van der Waals surface area contributed by atoms with Crippen LogP contribution in [0.1, 0.15) is 26.7 Å². The van der Waals surface area contributed by atoms with Crippen molar-refractivity contribution in [3.05, 3.63) is 40.3 Å². The second kappa shape index (κ2) is 5.38. The zero-order chi connectivity index (χ0) is 14.8. The Labute approximate surface area is 116 Å². The number of non-ortho nitro benzene ring substituents is 1. The van der Waals surface area contributed by atoms with E-state index in [-0.39, 0.29) is 11.2 Å². The fraction of sp³-hybridized carbons (Fsp3) is 0.385. The van der Waals surface area contributed by atoms with Crippen molar-refractivity contribution in [1.82, 2.24) is 15.5 Å². The number of benzene rings is 1. The Balaban J connectivity index is 2.10. The number of nitrogens with zero attached hydrogens (tertiary/aromatic N) is 3. The van der Waals surface area contributed by atoms with E-state index in [4.69, 9.17) is 4.42 Å². The third-order valence-corrected chi connectivity index (χ3v) is 2.56. The summed E-state index contributed by atoms with van der Waals surface area (Å²) in [5, 5.41) is 21.7. The first-order chi connectivity index (χ1) is 9.35. The van der Waals surface area contributed by atoms with Crippen molar-refractivity contribution in [3.8, 4) is 11.5 Å². The molecule has 0 atom stereocenters. The normalized spacial score (nSPS) is 11.6. The third-order valence-electron chi connectivity index (χ3n) is 2.56. The standard InChI is InChI=1S/C13H16N4O3/c1-13(2,3)14-8-11-15-16-12(20-11)9-4-6-10(7-5-9)17(18)19/h4-7,14H,8H2,1-3H3. The van der Waals surface area contributed by atoms with E-state index in [0.717, 1.165) is 0 Å². The molecule has 0 aliphatic rings. The van der Waals surface area contributed by atoms with Crippen molar-refractivity contribution in [2.24, 2.45) is 0 Å². The van der Waals surface area contributed by atoms with Gasteiger partial charge in [-0.3, -0.25) is 10.1 Å². The zero-order valence-corrected chi connectivity index (χ0v) is 11.6. The zero-order valence-electron chi connectivity index (χ0n) is 11.6. The second-order valence-electron chi connectivity index (χ2n) is 5.41. The van der Waals surface area contributed by atoms with Gasteiger partial charge in [0.1, 0.15) is 0 Å². The largest absolute Gasteiger partial charge is 0.419 e. The minimum Gasteiger partial charge on any atom is -0.419 e. The Morgan fingerprint density at radius 2 is 1.90 bits per heavy atom. The molecule has 106 valence electrons. The van der Waals surface area contributed by atoms with E-state index in [1.54, 1.807) is 12.1 Å². The predicted molar refractivity (Wildman–Crippen MR) is 73.0 cm³/mol.